The number of pyridine rings is 1. The smallest absolute Gasteiger partial charge is 0.320 e. The van der Waals surface area contributed by atoms with E-state index in [0.29, 0.717) is 17.8 Å². The van der Waals surface area contributed by atoms with Crippen molar-refractivity contribution in [3.63, 3.8) is 0 Å². The molecule has 0 radical (unpaired) electrons. The van der Waals surface area contributed by atoms with Crippen molar-refractivity contribution in [2.75, 3.05) is 44.2 Å². The third-order valence-corrected chi connectivity index (χ3v) is 8.90. The maximum Gasteiger partial charge on any atom is 0.320 e. The van der Waals surface area contributed by atoms with Crippen LogP contribution in [0.15, 0.2) is 24.4 Å². The minimum atomic E-state index is -0.240. The molecule has 4 aliphatic carbocycles. The number of piperidine rings is 1. The molecule has 2 aliphatic heterocycles. The number of primary amides is 1. The van der Waals surface area contributed by atoms with Gasteiger partial charge in [0.2, 0.25) is 5.91 Å². The van der Waals surface area contributed by atoms with Gasteiger partial charge >= 0.3 is 6.03 Å². The van der Waals surface area contributed by atoms with E-state index in [-0.39, 0.29) is 23.5 Å². The van der Waals surface area contributed by atoms with Crippen LogP contribution in [0.2, 0.25) is 0 Å². The summed E-state index contributed by atoms with van der Waals surface area (Å²) in [6.07, 6.45) is 10.1. The molecular weight excluding hydrogens is 430 g/mol. The number of aromatic nitrogens is 1. The van der Waals surface area contributed by atoms with Crippen LogP contribution in [0.4, 0.5) is 10.6 Å². The summed E-state index contributed by atoms with van der Waals surface area (Å²) in [5.74, 6) is 2.26. The Morgan fingerprint density at radius 3 is 2.15 bits per heavy atom. The summed E-state index contributed by atoms with van der Waals surface area (Å²) in [5, 5.41) is 9.97. The Labute approximate surface area is 202 Å². The Balaban J connectivity index is 0.000000150. The van der Waals surface area contributed by atoms with Crippen LogP contribution < -0.4 is 10.6 Å². The quantitative estimate of drug-likeness (QED) is 0.693. The van der Waals surface area contributed by atoms with Crippen LogP contribution in [0.25, 0.3) is 0 Å². The summed E-state index contributed by atoms with van der Waals surface area (Å²) in [7, 11) is 0. The van der Waals surface area contributed by atoms with Gasteiger partial charge in [-0.2, -0.15) is 0 Å². The van der Waals surface area contributed by atoms with E-state index < -0.39 is 0 Å². The van der Waals surface area contributed by atoms with Gasteiger partial charge in [0.1, 0.15) is 5.82 Å². The number of nitrogens with zero attached hydrogens (tertiary/aromatic N) is 4. The highest BCUT2D eigenvalue weighted by Gasteiger charge is 2.57. The molecule has 8 nitrogen and oxygen atoms in total. The monoisotopic (exact) mass is 469 g/mol. The van der Waals surface area contributed by atoms with Crippen molar-refractivity contribution in [3.05, 3.63) is 24.4 Å². The van der Waals surface area contributed by atoms with Crippen LogP contribution in [0, 0.1) is 23.2 Å². The summed E-state index contributed by atoms with van der Waals surface area (Å²) in [6.45, 7) is 5.20. The zero-order chi connectivity index (χ0) is 23.7. The fourth-order valence-electron chi connectivity index (χ4n) is 7.25. The van der Waals surface area contributed by atoms with Gasteiger partial charge in [0.15, 0.2) is 0 Å². The summed E-state index contributed by atoms with van der Waals surface area (Å²) in [5.41, 5.74) is 5.28. The number of carbonyl (C=O) groups excluding carboxylic acids is 2. The molecule has 3 N–H and O–H groups in total. The molecule has 8 heteroatoms. The van der Waals surface area contributed by atoms with Gasteiger partial charge in [-0.15, -0.1) is 0 Å². The summed E-state index contributed by atoms with van der Waals surface area (Å²) >= 11 is 0. The number of anilines is 1. The number of amides is 3. The van der Waals surface area contributed by atoms with Crippen LogP contribution in [0.5, 0.6) is 0 Å². The standard InChI is InChI=1S/C15H22N4O.C11H17NO2/c20-15(18-8-4-1-5-9-18)19-12-10-17(11-13-19)14-6-2-3-7-16-14;12-10(14)11-3-6-1-7(4-11)9(13)8(2-6)5-11/h2-3,6-7H,1,4-5,8-13H2;6-9,13H,1-5H2,(H2,12,14). The number of carbonyl (C=O) groups is 2. The van der Waals surface area contributed by atoms with Gasteiger partial charge in [0.25, 0.3) is 0 Å². The Morgan fingerprint density at radius 2 is 1.56 bits per heavy atom. The van der Waals surface area contributed by atoms with Crippen LogP contribution in [0.1, 0.15) is 51.4 Å². The van der Waals surface area contributed by atoms with E-state index in [4.69, 9.17) is 5.73 Å². The summed E-state index contributed by atoms with van der Waals surface area (Å²) < 4.78 is 0. The Kier molecular flexibility index (Phi) is 6.69. The first-order valence-corrected chi connectivity index (χ1v) is 13.1. The number of piperazine rings is 1. The Morgan fingerprint density at radius 1 is 0.912 bits per heavy atom. The Hall–Kier alpha value is -2.35. The van der Waals surface area contributed by atoms with Crippen molar-refractivity contribution < 1.29 is 14.7 Å². The number of hydrogen-bond acceptors (Lipinski definition) is 5. The number of aliphatic hydroxyl groups excluding tert-OH is 1. The fraction of sp³-hybridized carbons (Fsp3) is 0.731. The van der Waals surface area contributed by atoms with Crippen molar-refractivity contribution in [1.29, 1.82) is 0 Å². The zero-order valence-electron chi connectivity index (χ0n) is 20.1. The molecule has 4 saturated carbocycles. The number of hydrogen-bond donors (Lipinski definition) is 2. The fourth-order valence-corrected chi connectivity index (χ4v) is 7.25. The van der Waals surface area contributed by atoms with Crippen LogP contribution in [0.3, 0.4) is 0 Å². The van der Waals surface area contributed by atoms with Gasteiger partial charge in [-0.3, -0.25) is 4.79 Å². The van der Waals surface area contributed by atoms with Gasteiger partial charge in [-0.05, 0) is 81.3 Å². The zero-order valence-corrected chi connectivity index (χ0v) is 20.1. The molecule has 186 valence electrons. The number of urea groups is 1. The number of likely N-dealkylation sites (tertiary alicyclic amines) is 1. The summed E-state index contributed by atoms with van der Waals surface area (Å²) in [4.78, 5) is 34.5. The molecule has 2 saturated heterocycles. The molecule has 6 fully saturated rings. The lowest BCUT2D eigenvalue weighted by molar-refractivity contribution is -0.160. The van der Waals surface area contributed by atoms with Gasteiger partial charge < -0.3 is 25.5 Å². The Bertz CT molecular complexity index is 850. The van der Waals surface area contributed by atoms with E-state index in [1.165, 1.54) is 6.42 Å². The first kappa shape index (κ1) is 23.4. The molecule has 7 rings (SSSR count). The lowest BCUT2D eigenvalue weighted by Gasteiger charge is -2.57. The molecular formula is C26H39N5O3. The number of nitrogens with two attached hydrogens (primary N) is 1. The van der Waals surface area contributed by atoms with E-state index in [2.05, 4.69) is 9.88 Å². The minimum Gasteiger partial charge on any atom is -0.393 e. The van der Waals surface area contributed by atoms with E-state index in [1.807, 2.05) is 34.2 Å². The highest BCUT2D eigenvalue weighted by atomic mass is 16.3. The average Bonchev–Trinajstić information content (AvgIpc) is 2.88. The average molecular weight is 470 g/mol. The minimum absolute atomic E-state index is 0.121. The molecule has 3 amide bonds. The molecule has 2 atom stereocenters. The number of aliphatic hydroxyl groups is 1. The second kappa shape index (κ2) is 9.72. The third kappa shape index (κ3) is 4.61. The molecule has 1 aromatic rings. The van der Waals surface area contributed by atoms with Crippen LogP contribution in [-0.4, -0.2) is 77.2 Å². The normalized spacial score (nSPS) is 34.4. The van der Waals surface area contributed by atoms with Gasteiger partial charge in [0.05, 0.1) is 6.10 Å². The van der Waals surface area contributed by atoms with Crippen LogP contribution >= 0.6 is 0 Å². The van der Waals surface area contributed by atoms with E-state index in [9.17, 15) is 14.7 Å². The van der Waals surface area contributed by atoms with Crippen molar-refractivity contribution in [2.45, 2.75) is 57.5 Å². The van der Waals surface area contributed by atoms with Crippen molar-refractivity contribution in [3.8, 4) is 0 Å². The molecule has 1 aromatic heterocycles. The molecule has 0 spiro atoms. The predicted octanol–water partition coefficient (Wildman–Crippen LogP) is 2.47. The first-order valence-electron chi connectivity index (χ1n) is 13.1. The molecule has 4 bridgehead atoms. The van der Waals surface area contributed by atoms with Crippen molar-refractivity contribution >= 4 is 17.8 Å². The van der Waals surface area contributed by atoms with Gasteiger partial charge in [0, 0.05) is 50.9 Å². The highest BCUT2D eigenvalue weighted by Crippen LogP contribution is 2.59. The SMILES string of the molecule is NC(=O)C12CC3CC(C1)C(O)C(C3)C2.O=C(N1CCCCC1)N1CCN(c2ccccn2)CC1. The van der Waals surface area contributed by atoms with E-state index >= 15 is 0 Å². The van der Waals surface area contributed by atoms with Crippen molar-refractivity contribution in [2.24, 2.45) is 28.9 Å². The molecule has 3 heterocycles. The molecule has 34 heavy (non-hydrogen) atoms. The maximum atomic E-state index is 12.4. The van der Waals surface area contributed by atoms with E-state index in [0.717, 1.165) is 90.0 Å². The second-order valence-electron chi connectivity index (χ2n) is 11.1. The first-order chi connectivity index (χ1) is 16.4. The van der Waals surface area contributed by atoms with Gasteiger partial charge in [-0.1, -0.05) is 6.07 Å². The maximum absolute atomic E-state index is 12.4. The van der Waals surface area contributed by atoms with Crippen molar-refractivity contribution in [1.82, 2.24) is 14.8 Å². The number of rotatable bonds is 2. The van der Waals surface area contributed by atoms with Crippen LogP contribution in [-0.2, 0) is 4.79 Å². The second-order valence-corrected chi connectivity index (χ2v) is 11.1. The van der Waals surface area contributed by atoms with Gasteiger partial charge in [-0.25, -0.2) is 9.78 Å². The molecule has 0 aromatic carbocycles. The molecule has 6 aliphatic rings. The highest BCUT2D eigenvalue weighted by molar-refractivity contribution is 5.81. The largest absolute Gasteiger partial charge is 0.393 e. The lowest BCUT2D eigenvalue weighted by Crippen LogP contribution is -2.57. The lowest BCUT2D eigenvalue weighted by atomic mass is 9.48. The van der Waals surface area contributed by atoms with E-state index in [1.54, 1.807) is 0 Å². The third-order valence-electron chi connectivity index (χ3n) is 8.90. The summed E-state index contributed by atoms with van der Waals surface area (Å²) in [6, 6.07) is 6.19. The molecule has 2 unspecified atom stereocenters. The topological polar surface area (TPSA) is 103 Å². The predicted molar refractivity (Wildman–Crippen MR) is 130 cm³/mol.